The zero-order valence-electron chi connectivity index (χ0n) is 30.4. The summed E-state index contributed by atoms with van der Waals surface area (Å²) in [6.45, 7) is 5.72. The Morgan fingerprint density at radius 2 is 1.53 bits per heavy atom. The topological polar surface area (TPSA) is 106 Å². The fourth-order valence-corrected chi connectivity index (χ4v) is 6.58. The first-order valence-electron chi connectivity index (χ1n) is 18.8. The number of likely N-dealkylation sites (N-methyl/N-ethyl adjacent to an activating group) is 1. The van der Waals surface area contributed by atoms with E-state index in [1.807, 2.05) is 103 Å². The number of likely N-dealkylation sites (tertiary alicyclic amines) is 1. The quantitative estimate of drug-likeness (QED) is 0.120. The molecule has 5 rings (SSSR count). The molecule has 1 aliphatic heterocycles. The van der Waals surface area contributed by atoms with Crippen LogP contribution in [0.2, 0.25) is 0 Å². The zero-order chi connectivity index (χ0) is 35.8. The number of hydrogen-bond acceptors (Lipinski definition) is 7. The van der Waals surface area contributed by atoms with Gasteiger partial charge in [-0.15, -0.1) is 0 Å². The van der Waals surface area contributed by atoms with E-state index in [-0.39, 0.29) is 17.9 Å². The summed E-state index contributed by atoms with van der Waals surface area (Å²) in [6, 6.07) is 26.0. The second kappa shape index (κ2) is 19.8. The summed E-state index contributed by atoms with van der Waals surface area (Å²) in [5.74, 6) is 0.313. The number of amides is 3. The van der Waals surface area contributed by atoms with Crippen LogP contribution in [0.15, 0.2) is 78.9 Å². The fourth-order valence-electron chi connectivity index (χ4n) is 6.58. The molecule has 1 heterocycles. The normalized spacial score (nSPS) is 14.9. The van der Waals surface area contributed by atoms with Crippen molar-refractivity contribution in [2.45, 2.75) is 69.9 Å². The minimum absolute atomic E-state index is 0.122. The number of nitrogens with zero attached hydrogens (tertiary/aromatic N) is 3. The van der Waals surface area contributed by atoms with Crippen LogP contribution in [0.1, 0.15) is 68.1 Å². The Morgan fingerprint density at radius 3 is 2.25 bits per heavy atom. The molecule has 0 unspecified atom stereocenters. The Kier molecular flexibility index (Phi) is 14.7. The SMILES string of the molecule is CNCCCN(C(=O)c1ccc(NCCCCCC(=O)N(C)CCN2CCC(OC(=O)Nc3ccccc3-c3ccccc3)CC2)cc1)C1CC1. The predicted octanol–water partition coefficient (Wildman–Crippen LogP) is 6.71. The van der Waals surface area contributed by atoms with Gasteiger partial charge in [0, 0.05) is 75.6 Å². The Morgan fingerprint density at radius 1 is 0.804 bits per heavy atom. The molecule has 274 valence electrons. The number of ether oxygens (including phenoxy) is 1. The maximum Gasteiger partial charge on any atom is 0.411 e. The van der Waals surface area contributed by atoms with Crippen LogP contribution in [0.25, 0.3) is 11.1 Å². The third-order valence-corrected chi connectivity index (χ3v) is 9.84. The van der Waals surface area contributed by atoms with Crippen molar-refractivity contribution >= 4 is 29.3 Å². The molecule has 0 radical (unpaired) electrons. The monoisotopic (exact) mass is 696 g/mol. The predicted molar refractivity (Wildman–Crippen MR) is 205 cm³/mol. The van der Waals surface area contributed by atoms with Gasteiger partial charge in [0.15, 0.2) is 0 Å². The molecule has 3 aromatic rings. The standard InChI is InChI=1S/C41H56N6O4/c1-42-25-11-27-47(35-21-22-35)40(49)33-17-19-34(20-18-33)43-26-10-4-7-16-39(48)45(2)30-31-46-28-23-36(24-29-46)51-41(50)44-38-15-9-8-14-37(38)32-12-5-3-6-13-32/h3,5-6,8-9,12-15,17-20,35-36,42-43H,4,7,10-11,16,21-31H2,1-2H3,(H,44,50). The van der Waals surface area contributed by atoms with E-state index in [0.29, 0.717) is 19.0 Å². The smallest absolute Gasteiger partial charge is 0.411 e. The molecule has 3 aromatic carbocycles. The summed E-state index contributed by atoms with van der Waals surface area (Å²) in [6.07, 6.45) is 7.56. The lowest BCUT2D eigenvalue weighted by atomic mass is 10.0. The van der Waals surface area contributed by atoms with E-state index >= 15 is 0 Å². The van der Waals surface area contributed by atoms with Crippen LogP contribution < -0.4 is 16.0 Å². The van der Waals surface area contributed by atoms with E-state index in [2.05, 4.69) is 20.9 Å². The molecule has 1 saturated heterocycles. The molecule has 51 heavy (non-hydrogen) atoms. The van der Waals surface area contributed by atoms with E-state index in [9.17, 15) is 14.4 Å². The molecular formula is C41H56N6O4. The van der Waals surface area contributed by atoms with Gasteiger partial charge in [0.25, 0.3) is 5.91 Å². The summed E-state index contributed by atoms with van der Waals surface area (Å²) < 4.78 is 5.78. The molecule has 0 aromatic heterocycles. The summed E-state index contributed by atoms with van der Waals surface area (Å²) in [5, 5.41) is 9.55. The van der Waals surface area contributed by atoms with Gasteiger partial charge in [-0.25, -0.2) is 4.79 Å². The van der Waals surface area contributed by atoms with E-state index in [1.54, 1.807) is 0 Å². The number of hydrogen-bond donors (Lipinski definition) is 3. The van der Waals surface area contributed by atoms with Crippen molar-refractivity contribution in [2.24, 2.45) is 0 Å². The number of para-hydroxylation sites is 1. The highest BCUT2D eigenvalue weighted by atomic mass is 16.6. The Bertz CT molecular complexity index is 1520. The highest BCUT2D eigenvalue weighted by Crippen LogP contribution is 2.29. The van der Waals surface area contributed by atoms with Gasteiger partial charge in [0.1, 0.15) is 6.10 Å². The highest BCUT2D eigenvalue weighted by Gasteiger charge is 2.32. The van der Waals surface area contributed by atoms with Crippen molar-refractivity contribution in [1.82, 2.24) is 20.0 Å². The molecule has 1 saturated carbocycles. The van der Waals surface area contributed by atoms with Crippen molar-refractivity contribution in [2.75, 3.05) is 70.5 Å². The molecule has 0 spiro atoms. The third-order valence-electron chi connectivity index (χ3n) is 9.84. The van der Waals surface area contributed by atoms with Gasteiger partial charge >= 0.3 is 6.09 Å². The van der Waals surface area contributed by atoms with E-state index in [4.69, 9.17) is 4.74 Å². The summed E-state index contributed by atoms with van der Waals surface area (Å²) >= 11 is 0. The van der Waals surface area contributed by atoms with E-state index in [1.165, 1.54) is 0 Å². The Balaban J connectivity index is 0.907. The van der Waals surface area contributed by atoms with Crippen molar-refractivity contribution in [1.29, 1.82) is 0 Å². The molecule has 2 aliphatic rings. The number of anilines is 2. The van der Waals surface area contributed by atoms with Gasteiger partial charge in [0.05, 0.1) is 5.69 Å². The second-order valence-corrected chi connectivity index (χ2v) is 13.8. The van der Waals surface area contributed by atoms with Crippen molar-refractivity contribution in [3.05, 3.63) is 84.4 Å². The molecule has 10 heteroatoms. The van der Waals surface area contributed by atoms with Crippen LogP contribution in [-0.2, 0) is 9.53 Å². The number of piperidine rings is 1. The average molecular weight is 697 g/mol. The van der Waals surface area contributed by atoms with Crippen LogP contribution in [-0.4, -0.2) is 105 Å². The van der Waals surface area contributed by atoms with Crippen LogP contribution in [0.4, 0.5) is 16.2 Å². The minimum atomic E-state index is -0.424. The summed E-state index contributed by atoms with van der Waals surface area (Å²) in [5.41, 5.74) is 4.50. The lowest BCUT2D eigenvalue weighted by Gasteiger charge is -2.32. The van der Waals surface area contributed by atoms with Crippen molar-refractivity contribution in [3.63, 3.8) is 0 Å². The fraction of sp³-hybridized carbons (Fsp3) is 0.488. The molecule has 0 bridgehead atoms. The number of carbonyl (C=O) groups is 3. The van der Waals surface area contributed by atoms with Crippen molar-refractivity contribution < 1.29 is 19.1 Å². The third kappa shape index (κ3) is 12.1. The van der Waals surface area contributed by atoms with Gasteiger partial charge in [-0.05, 0) is 94.4 Å². The largest absolute Gasteiger partial charge is 0.446 e. The van der Waals surface area contributed by atoms with Crippen LogP contribution in [0.3, 0.4) is 0 Å². The molecule has 3 amide bonds. The van der Waals surface area contributed by atoms with Gasteiger partial charge in [-0.2, -0.15) is 0 Å². The molecular weight excluding hydrogens is 640 g/mol. The molecule has 0 atom stereocenters. The van der Waals surface area contributed by atoms with Crippen LogP contribution in [0.5, 0.6) is 0 Å². The lowest BCUT2D eigenvalue weighted by molar-refractivity contribution is -0.130. The van der Waals surface area contributed by atoms with Gasteiger partial charge in [0.2, 0.25) is 5.91 Å². The maximum absolute atomic E-state index is 13.1. The van der Waals surface area contributed by atoms with Gasteiger partial charge in [-0.1, -0.05) is 55.0 Å². The number of benzene rings is 3. The lowest BCUT2D eigenvalue weighted by Crippen LogP contribution is -2.42. The van der Waals surface area contributed by atoms with Gasteiger partial charge in [-0.3, -0.25) is 14.9 Å². The van der Waals surface area contributed by atoms with E-state index < -0.39 is 6.09 Å². The van der Waals surface area contributed by atoms with Gasteiger partial charge < -0.3 is 30.1 Å². The first-order valence-corrected chi connectivity index (χ1v) is 18.8. The first-order chi connectivity index (χ1) is 24.9. The summed E-state index contributed by atoms with van der Waals surface area (Å²) in [7, 11) is 3.83. The summed E-state index contributed by atoms with van der Waals surface area (Å²) in [4.78, 5) is 44.8. The minimum Gasteiger partial charge on any atom is -0.446 e. The Hall–Kier alpha value is -4.41. The Labute approximate surface area is 303 Å². The number of nitrogens with one attached hydrogen (secondary N) is 3. The average Bonchev–Trinajstić information content (AvgIpc) is 4.00. The number of unbranched alkanes of at least 4 members (excludes halogenated alkanes) is 2. The maximum atomic E-state index is 13.1. The first kappa shape index (κ1) is 37.8. The molecule has 1 aliphatic carbocycles. The van der Waals surface area contributed by atoms with Crippen molar-refractivity contribution in [3.8, 4) is 11.1 Å². The number of rotatable bonds is 19. The molecule has 10 nitrogen and oxygen atoms in total. The van der Waals surface area contributed by atoms with E-state index in [0.717, 1.165) is 119 Å². The van der Waals surface area contributed by atoms with Crippen LogP contribution in [0, 0.1) is 0 Å². The number of carbonyl (C=O) groups excluding carboxylic acids is 3. The molecule has 3 N–H and O–H groups in total. The highest BCUT2D eigenvalue weighted by molar-refractivity contribution is 5.95. The van der Waals surface area contributed by atoms with Crippen LogP contribution >= 0.6 is 0 Å². The zero-order valence-corrected chi connectivity index (χ0v) is 30.4. The molecule has 2 fully saturated rings. The second-order valence-electron chi connectivity index (χ2n) is 13.8.